The largest absolute Gasteiger partial charge is 0.396 e. The highest BCUT2D eigenvalue weighted by Crippen LogP contribution is 2.26. The lowest BCUT2D eigenvalue weighted by Gasteiger charge is -2.10. The molecule has 0 aliphatic carbocycles. The molecule has 0 spiro atoms. The van der Waals surface area contributed by atoms with Crippen molar-refractivity contribution < 1.29 is 9.90 Å². The number of para-hydroxylation sites is 1. The van der Waals surface area contributed by atoms with Crippen molar-refractivity contribution in [2.75, 3.05) is 11.9 Å². The standard InChI is InChI=1S/C21H17ClN4O2/c22-16-6-3-5-15(12-16)17-13-23-26-10-8-19(24-20(17)26)21(28)25-18-7-2-1-4-14(18)9-11-27/h1-8,10,12-13,27H,9,11H2,(H,25,28). The van der Waals surface area contributed by atoms with E-state index in [-0.39, 0.29) is 18.2 Å². The van der Waals surface area contributed by atoms with Crippen LogP contribution in [0, 0.1) is 0 Å². The molecule has 0 aliphatic rings. The first-order chi connectivity index (χ1) is 13.7. The Labute approximate surface area is 166 Å². The molecule has 2 aromatic heterocycles. The van der Waals surface area contributed by atoms with E-state index >= 15 is 0 Å². The van der Waals surface area contributed by atoms with Crippen molar-refractivity contribution in [3.63, 3.8) is 0 Å². The van der Waals surface area contributed by atoms with Crippen molar-refractivity contribution in [3.8, 4) is 11.1 Å². The Morgan fingerprint density at radius 3 is 2.82 bits per heavy atom. The summed E-state index contributed by atoms with van der Waals surface area (Å²) in [5, 5.41) is 17.0. The lowest BCUT2D eigenvalue weighted by molar-refractivity contribution is 0.102. The summed E-state index contributed by atoms with van der Waals surface area (Å²) in [6.07, 6.45) is 3.86. The maximum Gasteiger partial charge on any atom is 0.274 e. The van der Waals surface area contributed by atoms with Crippen molar-refractivity contribution >= 4 is 28.8 Å². The van der Waals surface area contributed by atoms with Gasteiger partial charge in [0, 0.05) is 29.1 Å². The van der Waals surface area contributed by atoms with Gasteiger partial charge in [-0.05, 0) is 41.8 Å². The SMILES string of the molecule is O=C(Nc1ccccc1CCO)c1ccn2ncc(-c3cccc(Cl)c3)c2n1. The molecule has 0 atom stereocenters. The van der Waals surface area contributed by atoms with E-state index in [0.29, 0.717) is 22.8 Å². The molecule has 1 amide bonds. The lowest BCUT2D eigenvalue weighted by atomic mass is 10.1. The summed E-state index contributed by atoms with van der Waals surface area (Å²) in [5.74, 6) is -0.328. The third-order valence-electron chi connectivity index (χ3n) is 4.38. The van der Waals surface area contributed by atoms with Crippen LogP contribution >= 0.6 is 11.6 Å². The number of carbonyl (C=O) groups is 1. The topological polar surface area (TPSA) is 79.5 Å². The number of halogens is 1. The fraction of sp³-hybridized carbons (Fsp3) is 0.0952. The van der Waals surface area contributed by atoms with E-state index in [1.807, 2.05) is 36.4 Å². The van der Waals surface area contributed by atoms with Gasteiger partial charge in [-0.15, -0.1) is 0 Å². The van der Waals surface area contributed by atoms with Crippen molar-refractivity contribution in [1.82, 2.24) is 14.6 Å². The van der Waals surface area contributed by atoms with Gasteiger partial charge in [0.15, 0.2) is 5.65 Å². The summed E-state index contributed by atoms with van der Waals surface area (Å²) in [6.45, 7) is 0.00983. The number of aliphatic hydroxyl groups excluding tert-OH is 1. The van der Waals surface area contributed by atoms with E-state index in [4.69, 9.17) is 11.6 Å². The zero-order chi connectivity index (χ0) is 19.5. The van der Waals surface area contributed by atoms with Gasteiger partial charge in [-0.3, -0.25) is 4.79 Å². The van der Waals surface area contributed by atoms with E-state index in [1.165, 1.54) is 0 Å². The number of aromatic nitrogens is 3. The molecule has 0 unspecified atom stereocenters. The summed E-state index contributed by atoms with van der Waals surface area (Å²) in [6, 6.07) is 16.4. The van der Waals surface area contributed by atoms with Crippen LogP contribution in [0.25, 0.3) is 16.8 Å². The summed E-state index contributed by atoms with van der Waals surface area (Å²) in [5.41, 5.74) is 4.03. The number of nitrogens with one attached hydrogen (secondary N) is 1. The van der Waals surface area contributed by atoms with E-state index in [9.17, 15) is 9.90 Å². The van der Waals surface area contributed by atoms with Crippen LogP contribution in [0.4, 0.5) is 5.69 Å². The Balaban J connectivity index is 1.68. The molecule has 2 N–H and O–H groups in total. The first-order valence-corrected chi connectivity index (χ1v) is 9.14. The first-order valence-electron chi connectivity index (χ1n) is 8.76. The van der Waals surface area contributed by atoms with Gasteiger partial charge in [0.2, 0.25) is 0 Å². The molecular weight excluding hydrogens is 376 g/mol. The molecular formula is C21H17ClN4O2. The van der Waals surface area contributed by atoms with Crippen LogP contribution in [0.2, 0.25) is 5.02 Å². The Bertz CT molecular complexity index is 1160. The number of nitrogens with zero attached hydrogens (tertiary/aromatic N) is 3. The minimum absolute atomic E-state index is 0.00983. The Morgan fingerprint density at radius 2 is 2.00 bits per heavy atom. The molecule has 0 saturated heterocycles. The molecule has 0 aliphatic heterocycles. The number of hydrogen-bond donors (Lipinski definition) is 2. The van der Waals surface area contributed by atoms with Crippen LogP contribution in [0.5, 0.6) is 0 Å². The van der Waals surface area contributed by atoms with Gasteiger partial charge in [0.1, 0.15) is 5.69 Å². The Kier molecular flexibility index (Phi) is 5.06. The number of rotatable bonds is 5. The molecule has 0 radical (unpaired) electrons. The molecule has 2 aromatic carbocycles. The smallest absolute Gasteiger partial charge is 0.274 e. The second-order valence-corrected chi connectivity index (χ2v) is 6.67. The molecule has 7 heteroatoms. The van der Waals surface area contributed by atoms with Crippen molar-refractivity contribution in [3.05, 3.63) is 83.3 Å². The normalized spacial score (nSPS) is 10.9. The van der Waals surface area contributed by atoms with Crippen LogP contribution in [0.1, 0.15) is 16.1 Å². The third-order valence-corrected chi connectivity index (χ3v) is 4.62. The van der Waals surface area contributed by atoms with E-state index in [0.717, 1.165) is 16.7 Å². The molecule has 0 fully saturated rings. The van der Waals surface area contributed by atoms with E-state index in [2.05, 4.69) is 15.4 Å². The maximum atomic E-state index is 12.8. The third kappa shape index (κ3) is 3.60. The molecule has 4 rings (SSSR count). The van der Waals surface area contributed by atoms with Gasteiger partial charge < -0.3 is 10.4 Å². The predicted molar refractivity (Wildman–Crippen MR) is 109 cm³/mol. The second kappa shape index (κ2) is 7.80. The predicted octanol–water partition coefficient (Wildman–Crippen LogP) is 3.84. The summed E-state index contributed by atoms with van der Waals surface area (Å²) >= 11 is 6.10. The van der Waals surface area contributed by atoms with Crippen LogP contribution in [-0.2, 0) is 6.42 Å². The number of aliphatic hydroxyl groups is 1. The van der Waals surface area contributed by atoms with Gasteiger partial charge in [-0.2, -0.15) is 5.10 Å². The Morgan fingerprint density at radius 1 is 1.14 bits per heavy atom. The summed E-state index contributed by atoms with van der Waals surface area (Å²) in [4.78, 5) is 17.3. The van der Waals surface area contributed by atoms with Gasteiger partial charge in [0.25, 0.3) is 5.91 Å². The number of carbonyl (C=O) groups excluding carboxylic acids is 1. The molecule has 6 nitrogen and oxygen atoms in total. The highest BCUT2D eigenvalue weighted by molar-refractivity contribution is 6.30. The molecule has 4 aromatic rings. The van der Waals surface area contributed by atoms with Gasteiger partial charge in [-0.25, -0.2) is 9.50 Å². The first kappa shape index (κ1) is 18.2. The molecule has 140 valence electrons. The summed E-state index contributed by atoms with van der Waals surface area (Å²) in [7, 11) is 0. The monoisotopic (exact) mass is 392 g/mol. The van der Waals surface area contributed by atoms with E-state index in [1.54, 1.807) is 35.1 Å². The number of hydrogen-bond acceptors (Lipinski definition) is 4. The molecule has 0 saturated carbocycles. The van der Waals surface area contributed by atoms with Crippen molar-refractivity contribution in [2.24, 2.45) is 0 Å². The average Bonchev–Trinajstić information content (AvgIpc) is 3.13. The molecule has 2 heterocycles. The molecule has 28 heavy (non-hydrogen) atoms. The van der Waals surface area contributed by atoms with Crippen molar-refractivity contribution in [2.45, 2.75) is 6.42 Å². The van der Waals surface area contributed by atoms with Crippen LogP contribution in [0.15, 0.2) is 67.0 Å². The zero-order valence-corrected chi connectivity index (χ0v) is 15.6. The minimum Gasteiger partial charge on any atom is -0.396 e. The highest BCUT2D eigenvalue weighted by Gasteiger charge is 2.14. The average molecular weight is 393 g/mol. The van der Waals surface area contributed by atoms with Crippen LogP contribution in [0.3, 0.4) is 0 Å². The fourth-order valence-corrected chi connectivity index (χ4v) is 3.21. The number of fused-ring (bicyclic) bond motifs is 1. The fourth-order valence-electron chi connectivity index (χ4n) is 3.02. The maximum absolute atomic E-state index is 12.8. The van der Waals surface area contributed by atoms with Gasteiger partial charge in [0.05, 0.1) is 6.20 Å². The minimum atomic E-state index is -0.328. The Hall–Kier alpha value is -3.22. The highest BCUT2D eigenvalue weighted by atomic mass is 35.5. The summed E-state index contributed by atoms with van der Waals surface area (Å²) < 4.78 is 1.62. The quantitative estimate of drug-likeness (QED) is 0.541. The zero-order valence-electron chi connectivity index (χ0n) is 14.8. The number of benzene rings is 2. The van der Waals surface area contributed by atoms with Crippen LogP contribution in [-0.4, -0.2) is 32.2 Å². The van der Waals surface area contributed by atoms with Crippen LogP contribution < -0.4 is 5.32 Å². The van der Waals surface area contributed by atoms with Gasteiger partial charge in [-0.1, -0.05) is 41.9 Å². The second-order valence-electron chi connectivity index (χ2n) is 6.23. The lowest BCUT2D eigenvalue weighted by Crippen LogP contribution is -2.15. The number of anilines is 1. The number of amides is 1. The van der Waals surface area contributed by atoms with Gasteiger partial charge >= 0.3 is 0 Å². The van der Waals surface area contributed by atoms with E-state index < -0.39 is 0 Å². The van der Waals surface area contributed by atoms with Crippen molar-refractivity contribution in [1.29, 1.82) is 0 Å². The molecule has 0 bridgehead atoms.